The topological polar surface area (TPSA) is 46.6 Å². The third-order valence-corrected chi connectivity index (χ3v) is 8.90. The van der Waals surface area contributed by atoms with Crippen molar-refractivity contribution in [1.29, 1.82) is 0 Å². The zero-order valence-electron chi connectivity index (χ0n) is 33.5. The fourth-order valence-corrected chi connectivity index (χ4v) is 6.42. The summed E-state index contributed by atoms with van der Waals surface area (Å²) in [6, 6.07) is 40.4. The maximum atomic E-state index is 8.20. The Kier molecular flexibility index (Phi) is 5.91. The van der Waals surface area contributed by atoms with Gasteiger partial charge in [0.1, 0.15) is 5.82 Å². The standard InChI is InChI=1S/C44H38N4O/c1-29-12-9-13-30(2)42(29)32-22-23-45-38(26-32)31-14-10-18-36(24-31)47(35-16-7-6-8-17-35)37-19-11-15-33(25-37)43-46-28-41-48(43)39-21-20-34(44(3,4)5)27-40(39)49-41/h6-28H,1-5H3/i1D3,2D3. The maximum Gasteiger partial charge on any atom is 0.225 e. The number of hydrogen-bond acceptors (Lipinski definition) is 4. The molecule has 5 nitrogen and oxygen atoms in total. The summed E-state index contributed by atoms with van der Waals surface area (Å²) < 4.78 is 57.5. The van der Waals surface area contributed by atoms with Crippen LogP contribution < -0.4 is 4.90 Å². The minimum Gasteiger partial charge on any atom is -0.437 e. The summed E-state index contributed by atoms with van der Waals surface area (Å²) in [7, 11) is 0. The molecule has 0 aliphatic heterocycles. The number of pyridine rings is 1. The van der Waals surface area contributed by atoms with Gasteiger partial charge >= 0.3 is 0 Å². The Labute approximate surface area is 295 Å². The summed E-state index contributed by atoms with van der Waals surface area (Å²) in [6.45, 7) is 1.51. The van der Waals surface area contributed by atoms with Crippen molar-refractivity contribution in [2.75, 3.05) is 4.90 Å². The molecule has 0 amide bonds. The van der Waals surface area contributed by atoms with Crippen LogP contribution in [-0.2, 0) is 5.41 Å². The largest absolute Gasteiger partial charge is 0.437 e. The van der Waals surface area contributed by atoms with Gasteiger partial charge in [-0.1, -0.05) is 87.5 Å². The molecule has 8 rings (SSSR count). The van der Waals surface area contributed by atoms with Gasteiger partial charge < -0.3 is 9.32 Å². The van der Waals surface area contributed by atoms with Crippen LogP contribution in [0.5, 0.6) is 0 Å². The molecule has 0 bridgehead atoms. The summed E-state index contributed by atoms with van der Waals surface area (Å²) in [5.41, 5.74) is 9.13. The van der Waals surface area contributed by atoms with Crippen molar-refractivity contribution in [2.24, 2.45) is 0 Å². The van der Waals surface area contributed by atoms with E-state index in [-0.39, 0.29) is 22.1 Å². The summed E-state index contributed by atoms with van der Waals surface area (Å²) in [5.74, 6) is 0.760. The lowest BCUT2D eigenvalue weighted by atomic mass is 9.87. The van der Waals surface area contributed by atoms with Crippen molar-refractivity contribution in [3.8, 4) is 33.8 Å². The number of oxazole rings is 1. The predicted molar refractivity (Wildman–Crippen MR) is 202 cm³/mol. The van der Waals surface area contributed by atoms with E-state index in [9.17, 15) is 0 Å². The van der Waals surface area contributed by atoms with Gasteiger partial charge in [0.05, 0.1) is 17.4 Å². The zero-order valence-corrected chi connectivity index (χ0v) is 27.5. The molecule has 3 heterocycles. The molecule has 0 saturated heterocycles. The second kappa shape index (κ2) is 11.9. The van der Waals surface area contributed by atoms with Gasteiger partial charge in [0.2, 0.25) is 5.71 Å². The van der Waals surface area contributed by atoms with Crippen LogP contribution in [0, 0.1) is 13.7 Å². The number of rotatable bonds is 6. The molecular formula is C44H38N4O. The van der Waals surface area contributed by atoms with Gasteiger partial charge in [-0.2, -0.15) is 0 Å². The Morgan fingerprint density at radius 2 is 1.35 bits per heavy atom. The Bertz CT molecular complexity index is 2650. The van der Waals surface area contributed by atoms with E-state index in [2.05, 4.69) is 65.4 Å². The van der Waals surface area contributed by atoms with Gasteiger partial charge in [0.25, 0.3) is 0 Å². The maximum absolute atomic E-state index is 8.20. The van der Waals surface area contributed by atoms with E-state index in [1.54, 1.807) is 24.5 Å². The van der Waals surface area contributed by atoms with Crippen molar-refractivity contribution >= 4 is 33.9 Å². The molecule has 49 heavy (non-hydrogen) atoms. The first-order valence-corrected chi connectivity index (χ1v) is 16.2. The Morgan fingerprint density at radius 1 is 0.653 bits per heavy atom. The lowest BCUT2D eigenvalue weighted by molar-refractivity contribution is 0.587. The van der Waals surface area contributed by atoms with Gasteiger partial charge in [-0.05, 0) is 108 Å². The normalized spacial score (nSPS) is 14.1. The molecular weight excluding hydrogens is 601 g/mol. The Morgan fingerprint density at radius 3 is 2.08 bits per heavy atom. The van der Waals surface area contributed by atoms with Crippen LogP contribution in [0.3, 0.4) is 0 Å². The monoisotopic (exact) mass is 644 g/mol. The van der Waals surface area contributed by atoms with Gasteiger partial charge in [-0.25, -0.2) is 4.98 Å². The minimum atomic E-state index is -2.52. The zero-order chi connectivity index (χ0) is 38.7. The molecule has 0 saturated carbocycles. The van der Waals surface area contributed by atoms with Gasteiger partial charge in [-0.15, -0.1) is 0 Å². The number of fused-ring (bicyclic) bond motifs is 3. The molecule has 0 radical (unpaired) electrons. The molecule has 3 aromatic heterocycles. The van der Waals surface area contributed by atoms with Crippen LogP contribution in [0.15, 0.2) is 144 Å². The molecule has 0 atom stereocenters. The lowest BCUT2D eigenvalue weighted by Gasteiger charge is -2.26. The number of anilines is 3. The van der Waals surface area contributed by atoms with E-state index < -0.39 is 13.7 Å². The van der Waals surface area contributed by atoms with Crippen molar-refractivity contribution in [1.82, 2.24) is 14.4 Å². The van der Waals surface area contributed by atoms with Crippen molar-refractivity contribution in [3.63, 3.8) is 0 Å². The van der Waals surface area contributed by atoms with Crippen LogP contribution in [0.25, 0.3) is 50.6 Å². The van der Waals surface area contributed by atoms with E-state index >= 15 is 0 Å². The molecule has 0 N–H and O–H groups in total. The predicted octanol–water partition coefficient (Wildman–Crippen LogP) is 11.9. The fourth-order valence-electron chi connectivity index (χ4n) is 6.42. The number of para-hydroxylation sites is 1. The summed E-state index contributed by atoms with van der Waals surface area (Å²) in [5, 5.41) is 0. The number of imidazole rings is 1. The van der Waals surface area contributed by atoms with E-state index in [0.717, 1.165) is 45.1 Å². The van der Waals surface area contributed by atoms with Gasteiger partial charge in [0.15, 0.2) is 5.58 Å². The average Bonchev–Trinajstić information content (AvgIpc) is 3.74. The second-order valence-corrected chi connectivity index (χ2v) is 13.2. The highest BCUT2D eigenvalue weighted by Gasteiger charge is 2.20. The van der Waals surface area contributed by atoms with Crippen molar-refractivity contribution < 1.29 is 12.6 Å². The molecule has 0 unspecified atom stereocenters. The number of nitrogens with zero attached hydrogens (tertiary/aromatic N) is 4. The first kappa shape index (κ1) is 24.2. The van der Waals surface area contributed by atoms with Crippen molar-refractivity contribution in [3.05, 3.63) is 156 Å². The highest BCUT2D eigenvalue weighted by atomic mass is 16.3. The summed E-state index contributed by atoms with van der Waals surface area (Å²) >= 11 is 0. The van der Waals surface area contributed by atoms with Crippen LogP contribution in [0.2, 0.25) is 0 Å². The molecule has 0 fully saturated rings. The first-order chi connectivity index (χ1) is 26.2. The SMILES string of the molecule is [2H]C([2H])([2H])c1cccc(C([2H])([2H])[2H])c1-c1ccnc(-c2cccc(N(c3ccccc3)c3cccc(-c4ncc5oc6cc(C(C)(C)C)ccc6n45)c3)c2)c1. The van der Waals surface area contributed by atoms with Crippen LogP contribution in [-0.4, -0.2) is 14.4 Å². The van der Waals surface area contributed by atoms with E-state index in [1.165, 1.54) is 23.8 Å². The van der Waals surface area contributed by atoms with Crippen LogP contribution in [0.4, 0.5) is 17.1 Å². The van der Waals surface area contributed by atoms with Crippen LogP contribution >= 0.6 is 0 Å². The second-order valence-electron chi connectivity index (χ2n) is 13.2. The molecule has 5 aromatic carbocycles. The first-order valence-electron chi connectivity index (χ1n) is 19.2. The number of benzene rings is 5. The minimum absolute atomic E-state index is 0.0174. The summed E-state index contributed by atoms with van der Waals surface area (Å²) in [6.07, 6.45) is 3.35. The molecule has 0 aliphatic rings. The average molecular weight is 645 g/mol. The smallest absolute Gasteiger partial charge is 0.225 e. The summed E-state index contributed by atoms with van der Waals surface area (Å²) in [4.78, 5) is 11.6. The fraction of sp³-hybridized carbons (Fsp3) is 0.136. The van der Waals surface area contributed by atoms with Crippen LogP contribution in [0.1, 0.15) is 45.7 Å². The van der Waals surface area contributed by atoms with Gasteiger partial charge in [0, 0.05) is 42.6 Å². The number of aryl methyl sites for hydroxylation is 2. The lowest BCUT2D eigenvalue weighted by Crippen LogP contribution is -2.10. The number of aromatic nitrogens is 3. The highest BCUT2D eigenvalue weighted by molar-refractivity contribution is 5.85. The molecule has 0 spiro atoms. The molecule has 8 aromatic rings. The molecule has 0 aliphatic carbocycles. The third kappa shape index (κ3) is 5.57. The van der Waals surface area contributed by atoms with E-state index in [4.69, 9.17) is 17.6 Å². The van der Waals surface area contributed by atoms with E-state index in [0.29, 0.717) is 17.0 Å². The van der Waals surface area contributed by atoms with Crippen molar-refractivity contribution in [2.45, 2.75) is 39.9 Å². The van der Waals surface area contributed by atoms with Gasteiger partial charge in [-0.3, -0.25) is 9.38 Å². The third-order valence-electron chi connectivity index (χ3n) is 8.90. The molecule has 5 heteroatoms. The quantitative estimate of drug-likeness (QED) is 0.181. The molecule has 240 valence electrons. The highest BCUT2D eigenvalue weighted by Crippen LogP contribution is 2.39. The Hall–Kier alpha value is -5.94. The number of hydrogen-bond donors (Lipinski definition) is 0. The van der Waals surface area contributed by atoms with E-state index in [1.807, 2.05) is 66.7 Å². The Balaban J connectivity index is 1.23.